The molecule has 2 spiro atoms. The van der Waals surface area contributed by atoms with E-state index in [0.717, 1.165) is 46.8 Å². The second-order valence-corrected chi connectivity index (χ2v) is 15.4. The van der Waals surface area contributed by atoms with Crippen LogP contribution < -0.4 is 9.47 Å². The summed E-state index contributed by atoms with van der Waals surface area (Å²) in [6.07, 6.45) is 7.42. The third-order valence-electron chi connectivity index (χ3n) is 13.8. The second-order valence-electron chi connectivity index (χ2n) is 15.4. The first-order valence-corrected chi connectivity index (χ1v) is 17.5. The largest absolute Gasteiger partial charge is 0.504 e. The molecule has 12 heteroatoms. The first kappa shape index (κ1) is 34.0. The predicted octanol–water partition coefficient (Wildman–Crippen LogP) is 4.12. The average Bonchev–Trinajstić information content (AvgIpc) is 3.61. The van der Waals surface area contributed by atoms with Gasteiger partial charge in [0.05, 0.1) is 33.5 Å². The van der Waals surface area contributed by atoms with Gasteiger partial charge in [-0.25, -0.2) is 0 Å². The van der Waals surface area contributed by atoms with Crippen molar-refractivity contribution in [2.24, 2.45) is 10.2 Å². The molecular formula is C38H44Cl2N4O6. The lowest BCUT2D eigenvalue weighted by Gasteiger charge is -2.63. The summed E-state index contributed by atoms with van der Waals surface area (Å²) >= 11 is 0. The number of aromatic hydroxyl groups is 2. The lowest BCUT2D eigenvalue weighted by molar-refractivity contribution is -0.164. The topological polar surface area (TPSA) is 131 Å². The minimum atomic E-state index is -1.06. The molecule has 266 valence electrons. The summed E-state index contributed by atoms with van der Waals surface area (Å²) in [5, 5.41) is 57.4. The third kappa shape index (κ3) is 3.75. The van der Waals surface area contributed by atoms with Crippen LogP contribution in [-0.2, 0) is 23.7 Å². The van der Waals surface area contributed by atoms with Gasteiger partial charge in [-0.1, -0.05) is 24.3 Å². The summed E-state index contributed by atoms with van der Waals surface area (Å²) in [6, 6.07) is 7.18. The van der Waals surface area contributed by atoms with Gasteiger partial charge in [-0.05, 0) is 74.6 Å². The van der Waals surface area contributed by atoms with Crippen molar-refractivity contribution in [2.45, 2.75) is 97.7 Å². The van der Waals surface area contributed by atoms with E-state index in [4.69, 9.17) is 19.7 Å². The Bertz CT molecular complexity index is 1750. The van der Waals surface area contributed by atoms with E-state index in [1.807, 2.05) is 24.3 Å². The SMILES string of the molecule is C=CCN1CC[C@]23c4c5ccc(O)c4O[C@H]2C(=N/N=C2\CC[C@@]4(O)[C@H]6Cc7ccc(O)c8c7[C@@]4(CCN6CC=C)[C@H]2O8)CC[C@@]3(O)[C@H]1C5.Cl.Cl. The number of hydrogen-bond donors (Lipinski definition) is 4. The van der Waals surface area contributed by atoms with Gasteiger partial charge in [-0.2, -0.15) is 10.2 Å². The van der Waals surface area contributed by atoms with Crippen molar-refractivity contribution in [2.75, 3.05) is 26.2 Å². The lowest BCUT2D eigenvalue weighted by atomic mass is 9.48. The van der Waals surface area contributed by atoms with Crippen LogP contribution in [-0.4, -0.2) is 103 Å². The number of nitrogens with zero attached hydrogens (tertiary/aromatic N) is 4. The highest BCUT2D eigenvalue weighted by Crippen LogP contribution is 2.66. The van der Waals surface area contributed by atoms with Crippen LogP contribution in [0.3, 0.4) is 0 Å². The van der Waals surface area contributed by atoms with E-state index in [9.17, 15) is 20.4 Å². The molecule has 4 fully saturated rings. The molecule has 2 saturated carbocycles. The quantitative estimate of drug-likeness (QED) is 0.268. The molecule has 4 aliphatic heterocycles. The highest BCUT2D eigenvalue weighted by Gasteiger charge is 2.74. The molecule has 8 atom stereocenters. The first-order chi connectivity index (χ1) is 23.2. The minimum absolute atomic E-state index is 0. The van der Waals surface area contributed by atoms with Crippen molar-refractivity contribution in [1.82, 2.24) is 9.80 Å². The van der Waals surface area contributed by atoms with E-state index in [1.165, 1.54) is 0 Å². The molecule has 4 N–H and O–H groups in total. The number of likely N-dealkylation sites (tertiary alicyclic amines) is 2. The predicted molar refractivity (Wildman–Crippen MR) is 194 cm³/mol. The van der Waals surface area contributed by atoms with E-state index in [0.29, 0.717) is 76.0 Å². The number of aliphatic hydroxyl groups is 2. The summed E-state index contributed by atoms with van der Waals surface area (Å²) in [5.41, 5.74) is 1.99. The molecule has 0 radical (unpaired) electrons. The van der Waals surface area contributed by atoms with Crippen LogP contribution in [0.5, 0.6) is 23.0 Å². The van der Waals surface area contributed by atoms with Crippen molar-refractivity contribution in [3.05, 3.63) is 71.8 Å². The molecule has 10 nitrogen and oxygen atoms in total. The van der Waals surface area contributed by atoms with Crippen molar-refractivity contribution in [3.63, 3.8) is 0 Å². The van der Waals surface area contributed by atoms with E-state index < -0.39 is 34.2 Å². The molecule has 4 heterocycles. The zero-order chi connectivity index (χ0) is 32.8. The standard InChI is InChI=1S/C38H42N4O6.2ClH/c1-3-15-41-17-13-35-29-21-5-7-25(43)31(29)47-33(35)23(9-11-37(35,45)27(41)19-21)39-40-24-10-12-38(46)28-20-22-6-8-26(44)32-30(22)36(38,34(24)48-32)14-18-42(28)16-4-2;;/h3-8,27-28,33-34,43-46H,1-2,9-20H2;2*1H/b39-23+,40-24?;;/t27-,28-,33+,34+,35+,36+,37-,38-;;/m1../s1. The minimum Gasteiger partial charge on any atom is -0.504 e. The monoisotopic (exact) mass is 722 g/mol. The fraction of sp³-hybridized carbons (Fsp3) is 0.526. The molecule has 8 aliphatic rings. The molecule has 0 unspecified atom stereocenters. The van der Waals surface area contributed by atoms with Crippen molar-refractivity contribution >= 4 is 36.2 Å². The van der Waals surface area contributed by atoms with Crippen molar-refractivity contribution in [1.29, 1.82) is 0 Å². The fourth-order valence-electron chi connectivity index (χ4n) is 12.0. The number of benzene rings is 2. The zero-order valence-corrected chi connectivity index (χ0v) is 29.5. The summed E-state index contributed by atoms with van der Waals surface area (Å²) in [6.45, 7) is 10.9. The fourth-order valence-corrected chi connectivity index (χ4v) is 12.0. The maximum Gasteiger partial charge on any atom is 0.166 e. The number of rotatable bonds is 5. The smallest absolute Gasteiger partial charge is 0.166 e. The van der Waals surface area contributed by atoms with Crippen LogP contribution in [0.25, 0.3) is 0 Å². The summed E-state index contributed by atoms with van der Waals surface area (Å²) in [4.78, 5) is 4.68. The molecule has 50 heavy (non-hydrogen) atoms. The Kier molecular flexibility index (Phi) is 7.61. The van der Waals surface area contributed by atoms with Crippen LogP contribution in [0, 0.1) is 0 Å². The van der Waals surface area contributed by atoms with Gasteiger partial charge in [0.1, 0.15) is 0 Å². The van der Waals surface area contributed by atoms with Gasteiger partial charge in [0.2, 0.25) is 0 Å². The Morgan fingerprint density at radius 1 is 0.700 bits per heavy atom. The van der Waals surface area contributed by atoms with Crippen LogP contribution in [0.4, 0.5) is 0 Å². The molecule has 2 aromatic carbocycles. The highest BCUT2D eigenvalue weighted by molar-refractivity contribution is 5.98. The molecule has 0 aromatic heterocycles. The number of halogens is 2. The van der Waals surface area contributed by atoms with Gasteiger partial charge < -0.3 is 29.9 Å². The third-order valence-corrected chi connectivity index (χ3v) is 13.8. The Labute approximate surface area is 304 Å². The number of piperidine rings is 2. The van der Waals surface area contributed by atoms with Crippen LogP contribution in [0.2, 0.25) is 0 Å². The van der Waals surface area contributed by atoms with E-state index >= 15 is 0 Å². The number of phenolic OH excluding ortho intramolecular Hbond substituents is 2. The number of hydrogen-bond acceptors (Lipinski definition) is 10. The van der Waals surface area contributed by atoms with Crippen molar-refractivity contribution < 1.29 is 29.9 Å². The van der Waals surface area contributed by atoms with Crippen LogP contribution in [0.1, 0.15) is 60.8 Å². The van der Waals surface area contributed by atoms with E-state index in [-0.39, 0.29) is 48.4 Å². The first-order valence-electron chi connectivity index (χ1n) is 17.5. The number of ether oxygens (including phenoxy) is 2. The molecule has 0 amide bonds. The Morgan fingerprint density at radius 3 is 1.52 bits per heavy atom. The summed E-state index contributed by atoms with van der Waals surface area (Å²) in [7, 11) is 0. The van der Waals surface area contributed by atoms with Gasteiger partial charge in [-0.3, -0.25) is 9.80 Å². The van der Waals surface area contributed by atoms with Crippen molar-refractivity contribution in [3.8, 4) is 23.0 Å². The van der Waals surface area contributed by atoms with E-state index in [2.05, 4.69) is 23.0 Å². The van der Waals surface area contributed by atoms with Crippen LogP contribution in [0.15, 0.2) is 59.8 Å². The van der Waals surface area contributed by atoms with Gasteiger partial charge in [-0.15, -0.1) is 38.0 Å². The van der Waals surface area contributed by atoms with Gasteiger partial charge in [0.15, 0.2) is 35.2 Å². The Morgan fingerprint density at radius 2 is 1.12 bits per heavy atom. The Balaban J connectivity index is 0.00000180. The maximum atomic E-state index is 12.7. The average molecular weight is 724 g/mol. The van der Waals surface area contributed by atoms with Gasteiger partial charge in [0, 0.05) is 49.4 Å². The zero-order valence-electron chi connectivity index (χ0n) is 27.9. The lowest BCUT2D eigenvalue weighted by Crippen LogP contribution is -2.76. The summed E-state index contributed by atoms with van der Waals surface area (Å²) < 4.78 is 13.3. The molecular weight excluding hydrogens is 679 g/mol. The van der Waals surface area contributed by atoms with Gasteiger partial charge >= 0.3 is 0 Å². The highest BCUT2D eigenvalue weighted by atomic mass is 35.5. The molecule has 2 saturated heterocycles. The molecule has 2 aromatic rings. The Hall–Kier alpha value is -3.12. The number of phenols is 2. The molecule has 4 bridgehead atoms. The van der Waals surface area contributed by atoms with Crippen LogP contribution >= 0.6 is 24.8 Å². The maximum absolute atomic E-state index is 12.7. The normalized spacial score (nSPS) is 39.7. The summed E-state index contributed by atoms with van der Waals surface area (Å²) in [5.74, 6) is 1.11. The van der Waals surface area contributed by atoms with E-state index in [1.54, 1.807) is 12.1 Å². The molecule has 10 rings (SSSR count). The second kappa shape index (κ2) is 11.2. The molecule has 4 aliphatic carbocycles. The van der Waals surface area contributed by atoms with Gasteiger partial charge in [0.25, 0.3) is 0 Å².